The van der Waals surface area contributed by atoms with Crippen LogP contribution in [0.3, 0.4) is 0 Å². The van der Waals surface area contributed by atoms with E-state index in [1.54, 1.807) is 18.3 Å². The van der Waals surface area contributed by atoms with Gasteiger partial charge in [-0.15, -0.1) is 0 Å². The number of benzene rings is 2. The van der Waals surface area contributed by atoms with Crippen molar-refractivity contribution in [1.82, 2.24) is 0 Å². The Hall–Kier alpha value is -0.840. The van der Waals surface area contributed by atoms with Crippen molar-refractivity contribution >= 4 is 55.4 Å². The first-order valence-electron chi connectivity index (χ1n) is 5.46. The molecule has 5 heteroatoms. The molecule has 2 nitrogen and oxygen atoms in total. The van der Waals surface area contributed by atoms with E-state index in [4.69, 9.17) is 11.6 Å². The zero-order valence-electron chi connectivity index (χ0n) is 9.99. The van der Waals surface area contributed by atoms with E-state index in [9.17, 15) is 5.11 Å². The van der Waals surface area contributed by atoms with Crippen LogP contribution >= 0.6 is 43.5 Å². The monoisotopic (exact) mass is 401 g/mol. The first kappa shape index (κ1) is 14.6. The predicted molar refractivity (Wildman–Crippen MR) is 86.9 cm³/mol. The molecule has 0 aliphatic rings. The van der Waals surface area contributed by atoms with Gasteiger partial charge in [-0.25, -0.2) is 0 Å². The second-order valence-electron chi connectivity index (χ2n) is 3.97. The van der Waals surface area contributed by atoms with E-state index < -0.39 is 0 Å². The Labute approximate surface area is 133 Å². The highest BCUT2D eigenvalue weighted by atomic mass is 79.9. The molecule has 0 atom stereocenters. The van der Waals surface area contributed by atoms with Crippen molar-refractivity contribution in [3.8, 4) is 5.75 Å². The summed E-state index contributed by atoms with van der Waals surface area (Å²) in [6, 6.07) is 9.12. The summed E-state index contributed by atoms with van der Waals surface area (Å²) in [5.41, 5.74) is 2.32. The van der Waals surface area contributed by atoms with Crippen LogP contribution in [0.25, 0.3) is 0 Å². The molecule has 0 spiro atoms. The van der Waals surface area contributed by atoms with Gasteiger partial charge >= 0.3 is 0 Å². The van der Waals surface area contributed by atoms with Crippen LogP contribution in [-0.2, 0) is 0 Å². The highest BCUT2D eigenvalue weighted by Crippen LogP contribution is 2.31. The molecule has 98 valence electrons. The van der Waals surface area contributed by atoms with Crippen LogP contribution in [0.2, 0.25) is 5.02 Å². The largest absolute Gasteiger partial charge is 0.506 e. The molecule has 0 bridgehead atoms. The first-order chi connectivity index (χ1) is 8.99. The van der Waals surface area contributed by atoms with Gasteiger partial charge in [-0.1, -0.05) is 33.6 Å². The number of nitrogens with zero attached hydrogens (tertiary/aromatic N) is 1. The van der Waals surface area contributed by atoms with E-state index in [1.165, 1.54) is 0 Å². The van der Waals surface area contributed by atoms with Gasteiger partial charge < -0.3 is 5.11 Å². The van der Waals surface area contributed by atoms with Crippen molar-refractivity contribution in [2.75, 3.05) is 0 Å². The number of rotatable bonds is 2. The van der Waals surface area contributed by atoms with Gasteiger partial charge in [-0.2, -0.15) is 0 Å². The lowest BCUT2D eigenvalue weighted by Crippen LogP contribution is -1.85. The zero-order valence-corrected chi connectivity index (χ0v) is 13.9. The molecule has 0 aliphatic heterocycles. The number of aliphatic imine (C=N–C) groups is 1. The van der Waals surface area contributed by atoms with Gasteiger partial charge in [0.25, 0.3) is 0 Å². The molecule has 0 saturated heterocycles. The Morgan fingerprint density at radius 3 is 2.74 bits per heavy atom. The van der Waals surface area contributed by atoms with Gasteiger partial charge in [0.2, 0.25) is 0 Å². The molecule has 2 aromatic carbocycles. The number of hydrogen-bond donors (Lipinski definition) is 1. The molecule has 19 heavy (non-hydrogen) atoms. The second kappa shape index (κ2) is 6.07. The lowest BCUT2D eigenvalue weighted by Gasteiger charge is -2.04. The van der Waals surface area contributed by atoms with Crippen molar-refractivity contribution < 1.29 is 5.11 Å². The number of aromatic hydroxyl groups is 1. The third-order valence-corrected chi connectivity index (χ3v) is 4.11. The molecule has 0 aliphatic carbocycles. The van der Waals surface area contributed by atoms with Crippen molar-refractivity contribution in [2.45, 2.75) is 6.92 Å². The van der Waals surface area contributed by atoms with E-state index in [-0.39, 0.29) is 5.75 Å². The molecule has 0 aromatic heterocycles. The van der Waals surface area contributed by atoms with Gasteiger partial charge in [0, 0.05) is 21.3 Å². The van der Waals surface area contributed by atoms with Gasteiger partial charge in [0.05, 0.1) is 10.2 Å². The third-order valence-electron chi connectivity index (χ3n) is 2.64. The second-order valence-corrected chi connectivity index (χ2v) is 6.14. The van der Waals surface area contributed by atoms with Crippen LogP contribution in [0.1, 0.15) is 11.1 Å². The Morgan fingerprint density at radius 1 is 1.26 bits per heavy atom. The summed E-state index contributed by atoms with van der Waals surface area (Å²) in [4.78, 5) is 4.37. The summed E-state index contributed by atoms with van der Waals surface area (Å²) in [7, 11) is 0. The van der Waals surface area contributed by atoms with Gasteiger partial charge in [-0.3, -0.25) is 4.99 Å². The van der Waals surface area contributed by atoms with Gasteiger partial charge in [-0.05, 0) is 52.7 Å². The average Bonchev–Trinajstić information content (AvgIpc) is 2.36. The molecule has 0 saturated carbocycles. The average molecular weight is 404 g/mol. The van der Waals surface area contributed by atoms with Crippen LogP contribution in [0, 0.1) is 6.92 Å². The van der Waals surface area contributed by atoms with Crippen molar-refractivity contribution in [2.24, 2.45) is 4.99 Å². The minimum atomic E-state index is 0.159. The summed E-state index contributed by atoms with van der Waals surface area (Å²) >= 11 is 12.7. The molecule has 2 rings (SSSR count). The molecule has 0 unspecified atom stereocenters. The van der Waals surface area contributed by atoms with E-state index in [2.05, 4.69) is 36.9 Å². The first-order valence-corrected chi connectivity index (χ1v) is 7.42. The van der Waals surface area contributed by atoms with E-state index in [0.29, 0.717) is 15.1 Å². The fraction of sp³-hybridized carbons (Fsp3) is 0.0714. The fourth-order valence-corrected chi connectivity index (χ4v) is 2.99. The Kier molecular flexibility index (Phi) is 4.66. The summed E-state index contributed by atoms with van der Waals surface area (Å²) < 4.78 is 1.48. The molecule has 0 fully saturated rings. The Morgan fingerprint density at radius 2 is 2.00 bits per heavy atom. The minimum Gasteiger partial charge on any atom is -0.506 e. The fourth-order valence-electron chi connectivity index (χ4n) is 1.56. The van der Waals surface area contributed by atoms with Crippen molar-refractivity contribution in [1.29, 1.82) is 0 Å². The molecule has 0 heterocycles. The maximum atomic E-state index is 9.94. The lowest BCUT2D eigenvalue weighted by atomic mass is 10.2. The van der Waals surface area contributed by atoms with Crippen LogP contribution < -0.4 is 0 Å². The van der Waals surface area contributed by atoms with Crippen LogP contribution in [0.4, 0.5) is 5.69 Å². The maximum Gasteiger partial charge on any atom is 0.138 e. The highest BCUT2D eigenvalue weighted by molar-refractivity contribution is 9.11. The standard InChI is InChI=1S/C14H10Br2ClNO/c1-8-12(17)3-2-4-13(8)18-7-9-5-10(15)6-11(16)14(9)19/h2-7,19H,1H3. The molecule has 2 aromatic rings. The minimum absolute atomic E-state index is 0.159. The SMILES string of the molecule is Cc1c(Cl)cccc1N=Cc1cc(Br)cc(Br)c1O. The van der Waals surface area contributed by atoms with Crippen molar-refractivity contribution in [3.05, 3.63) is 55.4 Å². The maximum absolute atomic E-state index is 9.94. The van der Waals surface area contributed by atoms with Crippen LogP contribution in [-0.4, -0.2) is 11.3 Å². The van der Waals surface area contributed by atoms with E-state index >= 15 is 0 Å². The summed E-state index contributed by atoms with van der Waals surface area (Å²) in [5.74, 6) is 0.159. The number of phenols is 1. The van der Waals surface area contributed by atoms with Gasteiger partial charge in [0.15, 0.2) is 0 Å². The summed E-state index contributed by atoms with van der Waals surface area (Å²) in [5, 5.41) is 10.6. The molecule has 0 amide bonds. The van der Waals surface area contributed by atoms with E-state index in [0.717, 1.165) is 15.7 Å². The van der Waals surface area contributed by atoms with Crippen molar-refractivity contribution in [3.63, 3.8) is 0 Å². The molecule has 0 radical (unpaired) electrons. The molecular weight excluding hydrogens is 393 g/mol. The normalized spacial score (nSPS) is 11.2. The Balaban J connectivity index is 2.41. The van der Waals surface area contributed by atoms with Gasteiger partial charge in [0.1, 0.15) is 5.75 Å². The number of phenolic OH excluding ortho intramolecular Hbond substituents is 1. The summed E-state index contributed by atoms with van der Waals surface area (Å²) in [6.45, 7) is 1.91. The lowest BCUT2D eigenvalue weighted by molar-refractivity contribution is 0.471. The quantitative estimate of drug-likeness (QED) is 0.648. The van der Waals surface area contributed by atoms with Crippen LogP contribution in [0.5, 0.6) is 5.75 Å². The number of halogens is 3. The number of hydrogen-bond acceptors (Lipinski definition) is 2. The molecule has 1 N–H and O–H groups in total. The summed E-state index contributed by atoms with van der Waals surface area (Å²) in [6.07, 6.45) is 1.61. The highest BCUT2D eigenvalue weighted by Gasteiger charge is 2.06. The van der Waals surface area contributed by atoms with Crippen LogP contribution in [0.15, 0.2) is 44.3 Å². The Bertz CT molecular complexity index is 656. The topological polar surface area (TPSA) is 32.6 Å². The predicted octanol–water partition coefficient (Wildman–Crippen LogP) is 5.63. The molecular formula is C14H10Br2ClNO. The van der Waals surface area contributed by atoms with E-state index in [1.807, 2.05) is 25.1 Å². The smallest absolute Gasteiger partial charge is 0.138 e. The third kappa shape index (κ3) is 3.38. The zero-order chi connectivity index (χ0) is 14.0.